The molecule has 0 rings (SSSR count). The van der Waals surface area contributed by atoms with E-state index in [9.17, 15) is 0 Å². The highest BCUT2D eigenvalue weighted by Crippen LogP contribution is 1.54. The van der Waals surface area contributed by atoms with Crippen molar-refractivity contribution in [2.75, 3.05) is 6.61 Å². The van der Waals surface area contributed by atoms with Crippen LogP contribution in [0.2, 0.25) is 0 Å². The Morgan fingerprint density at radius 2 is 2.33 bits per heavy atom. The van der Waals surface area contributed by atoms with E-state index < -0.39 is 0 Å². The number of halogens is 1. The summed E-state index contributed by atoms with van der Waals surface area (Å²) in [7, 11) is 0. The lowest BCUT2D eigenvalue weighted by Crippen LogP contribution is -3.00. The van der Waals surface area contributed by atoms with Gasteiger partial charge in [0, 0.05) is 0 Å². The summed E-state index contributed by atoms with van der Waals surface area (Å²) in [5.74, 6) is 3.10. The minimum absolute atomic E-state index is 0. The van der Waals surface area contributed by atoms with Crippen molar-refractivity contribution in [3.63, 3.8) is 0 Å². The van der Waals surface area contributed by atoms with Gasteiger partial charge in [0.2, 0.25) is 0 Å². The van der Waals surface area contributed by atoms with Gasteiger partial charge in [0.25, 0.3) is 0 Å². The SMILES string of the molecule is C=CCO[NH3+].[Cl-]. The molecule has 0 saturated carbocycles. The Hall–Kier alpha value is -0.0500. The summed E-state index contributed by atoms with van der Waals surface area (Å²) in [6.45, 7) is 3.93. The Labute approximate surface area is 43.3 Å². The van der Waals surface area contributed by atoms with E-state index in [1.807, 2.05) is 0 Å². The van der Waals surface area contributed by atoms with Gasteiger partial charge in [-0.3, -0.25) is 0 Å². The van der Waals surface area contributed by atoms with Crippen LogP contribution in [0.1, 0.15) is 0 Å². The van der Waals surface area contributed by atoms with Crippen LogP contribution in [0.5, 0.6) is 0 Å². The summed E-state index contributed by atoms with van der Waals surface area (Å²) in [5, 5.41) is 0. The quantitative estimate of drug-likeness (QED) is 0.288. The minimum Gasteiger partial charge on any atom is -1.00 e. The number of quaternary nitrogens is 1. The first kappa shape index (κ1) is 9.34. The molecular formula is C3H8ClNO. The molecule has 6 heavy (non-hydrogen) atoms. The molecule has 38 valence electrons. The van der Waals surface area contributed by atoms with Crippen molar-refractivity contribution in [3.05, 3.63) is 12.7 Å². The molecule has 0 radical (unpaired) electrons. The van der Waals surface area contributed by atoms with Gasteiger partial charge in [0.05, 0.1) is 0 Å². The molecular weight excluding hydrogens is 101 g/mol. The van der Waals surface area contributed by atoms with Crippen LogP contribution in [0.4, 0.5) is 0 Å². The normalized spacial score (nSPS) is 6.17. The van der Waals surface area contributed by atoms with E-state index in [-0.39, 0.29) is 12.4 Å². The maximum Gasteiger partial charge on any atom is 0.124 e. The monoisotopic (exact) mass is 109 g/mol. The molecule has 0 fully saturated rings. The first-order chi connectivity index (χ1) is 2.41. The highest BCUT2D eigenvalue weighted by molar-refractivity contribution is 4.61. The van der Waals surface area contributed by atoms with Gasteiger partial charge in [-0.25, -0.2) is 10.7 Å². The fourth-order valence-corrected chi connectivity index (χ4v) is 0.0833. The number of rotatable bonds is 2. The first-order valence-electron chi connectivity index (χ1n) is 1.39. The molecule has 0 atom stereocenters. The standard InChI is InChI=1S/C3H8NO.ClH/c1-2-3-5-4;/h2H,1,3H2,4H3;1H/q+1;/p-1. The van der Waals surface area contributed by atoms with E-state index >= 15 is 0 Å². The van der Waals surface area contributed by atoms with Gasteiger partial charge in [-0.15, -0.1) is 6.58 Å². The lowest BCUT2D eigenvalue weighted by atomic mass is 10.7. The molecule has 0 aliphatic carbocycles. The smallest absolute Gasteiger partial charge is 0.124 e. The second kappa shape index (κ2) is 8.87. The van der Waals surface area contributed by atoms with Gasteiger partial charge >= 0.3 is 0 Å². The summed E-state index contributed by atoms with van der Waals surface area (Å²) >= 11 is 0. The molecule has 0 bridgehead atoms. The van der Waals surface area contributed by atoms with Crippen LogP contribution in [0.3, 0.4) is 0 Å². The van der Waals surface area contributed by atoms with E-state index in [0.29, 0.717) is 6.61 Å². The molecule has 0 aliphatic heterocycles. The van der Waals surface area contributed by atoms with Crippen molar-refractivity contribution >= 4 is 0 Å². The van der Waals surface area contributed by atoms with Gasteiger partial charge in [0.15, 0.2) is 0 Å². The molecule has 0 aromatic rings. The molecule has 0 aromatic carbocycles. The zero-order valence-electron chi connectivity index (χ0n) is 3.48. The largest absolute Gasteiger partial charge is 1.00 e. The first-order valence-corrected chi connectivity index (χ1v) is 1.39. The molecule has 0 amide bonds. The summed E-state index contributed by atoms with van der Waals surface area (Å²) in [6.07, 6.45) is 1.65. The van der Waals surface area contributed by atoms with Crippen LogP contribution in [-0.4, -0.2) is 6.61 Å². The minimum atomic E-state index is 0. The van der Waals surface area contributed by atoms with E-state index in [4.69, 9.17) is 0 Å². The predicted molar refractivity (Wildman–Crippen MR) is 19.0 cm³/mol. The predicted octanol–water partition coefficient (Wildman–Crippen LogP) is -3.65. The molecule has 0 unspecified atom stereocenters. The van der Waals surface area contributed by atoms with Crippen LogP contribution in [0.25, 0.3) is 0 Å². The van der Waals surface area contributed by atoms with E-state index in [1.165, 1.54) is 0 Å². The third-order valence-electron chi connectivity index (χ3n) is 0.236. The van der Waals surface area contributed by atoms with Gasteiger partial charge in [0.1, 0.15) is 6.61 Å². The van der Waals surface area contributed by atoms with Crippen molar-refractivity contribution in [2.24, 2.45) is 0 Å². The Kier molecular flexibility index (Phi) is 13.8. The molecule has 0 saturated heterocycles. The molecule has 0 heterocycles. The maximum absolute atomic E-state index is 4.32. The maximum atomic E-state index is 4.32. The van der Waals surface area contributed by atoms with Crippen LogP contribution in [-0.2, 0) is 4.84 Å². The molecule has 3 heteroatoms. The average Bonchev–Trinajstić information content (AvgIpc) is 1.41. The molecule has 3 N–H and O–H groups in total. The zero-order chi connectivity index (χ0) is 4.12. The third kappa shape index (κ3) is 9.04. The molecule has 0 aliphatic rings. The van der Waals surface area contributed by atoms with E-state index in [1.54, 1.807) is 6.08 Å². The lowest BCUT2D eigenvalue weighted by Gasteiger charge is -1.74. The van der Waals surface area contributed by atoms with Crippen molar-refractivity contribution < 1.29 is 23.1 Å². The summed E-state index contributed by atoms with van der Waals surface area (Å²) < 4.78 is 0. The number of hydrogen-bond acceptors (Lipinski definition) is 1. The molecule has 0 spiro atoms. The second-order valence-electron chi connectivity index (χ2n) is 0.659. The van der Waals surface area contributed by atoms with Gasteiger partial charge < -0.3 is 12.4 Å². The topological polar surface area (TPSA) is 36.9 Å². The molecule has 2 nitrogen and oxygen atoms in total. The highest BCUT2D eigenvalue weighted by atomic mass is 35.5. The fraction of sp³-hybridized carbons (Fsp3) is 0.333. The van der Waals surface area contributed by atoms with Gasteiger partial charge in [-0.05, 0) is 0 Å². The van der Waals surface area contributed by atoms with Crippen molar-refractivity contribution in [2.45, 2.75) is 0 Å². The van der Waals surface area contributed by atoms with Crippen LogP contribution >= 0.6 is 0 Å². The summed E-state index contributed by atoms with van der Waals surface area (Å²) in [5.41, 5.74) is 0. The van der Waals surface area contributed by atoms with Crippen molar-refractivity contribution in [3.8, 4) is 0 Å². The Morgan fingerprint density at radius 3 is 2.33 bits per heavy atom. The zero-order valence-corrected chi connectivity index (χ0v) is 4.24. The lowest BCUT2D eigenvalue weighted by molar-refractivity contribution is -0.686. The van der Waals surface area contributed by atoms with Crippen molar-refractivity contribution in [1.82, 2.24) is 0 Å². The Balaban J connectivity index is 0. The van der Waals surface area contributed by atoms with E-state index in [2.05, 4.69) is 17.3 Å². The van der Waals surface area contributed by atoms with Crippen LogP contribution in [0.15, 0.2) is 12.7 Å². The van der Waals surface area contributed by atoms with Crippen LogP contribution < -0.4 is 18.3 Å². The summed E-state index contributed by atoms with van der Waals surface area (Å²) in [4.78, 5) is 4.32. The molecule has 0 aromatic heterocycles. The van der Waals surface area contributed by atoms with Gasteiger partial charge in [-0.1, -0.05) is 6.08 Å². The van der Waals surface area contributed by atoms with Crippen LogP contribution in [0, 0.1) is 0 Å². The Bertz CT molecular complexity index is 32.0. The highest BCUT2D eigenvalue weighted by Gasteiger charge is 1.62. The average molecular weight is 110 g/mol. The van der Waals surface area contributed by atoms with Gasteiger partial charge in [-0.2, -0.15) is 0 Å². The summed E-state index contributed by atoms with van der Waals surface area (Å²) in [6, 6.07) is 0. The third-order valence-corrected chi connectivity index (χ3v) is 0.236. The van der Waals surface area contributed by atoms with Crippen molar-refractivity contribution in [1.29, 1.82) is 0 Å². The fourth-order valence-electron chi connectivity index (χ4n) is 0.0833. The van der Waals surface area contributed by atoms with E-state index in [0.717, 1.165) is 0 Å². The second-order valence-corrected chi connectivity index (χ2v) is 0.659. The Morgan fingerprint density at radius 1 is 1.83 bits per heavy atom. The number of hydrogen-bond donors (Lipinski definition) is 1.